The highest BCUT2D eigenvalue weighted by Crippen LogP contribution is 2.19. The fourth-order valence-corrected chi connectivity index (χ4v) is 2.07. The van der Waals surface area contributed by atoms with Gasteiger partial charge in [0.15, 0.2) is 0 Å². The molecule has 0 saturated heterocycles. The molecule has 1 N–H and O–H groups in total. The molecule has 1 heterocycles. The van der Waals surface area contributed by atoms with Crippen LogP contribution in [0.5, 0.6) is 0 Å². The molecular weight excluding hydrogens is 284 g/mol. The molecule has 0 aliphatic carbocycles. The largest absolute Gasteiger partial charge is 0.347 e. The Kier molecular flexibility index (Phi) is 4.70. The summed E-state index contributed by atoms with van der Waals surface area (Å²) in [5, 5.41) is 7.50. The number of amides is 1. The molecule has 17 heavy (non-hydrogen) atoms. The lowest BCUT2D eigenvalue weighted by Crippen LogP contribution is -2.41. The van der Waals surface area contributed by atoms with Crippen LogP contribution in [-0.2, 0) is 18.4 Å². The van der Waals surface area contributed by atoms with Crippen LogP contribution in [-0.4, -0.2) is 40.7 Å². The van der Waals surface area contributed by atoms with E-state index in [1.807, 2.05) is 25.6 Å². The van der Waals surface area contributed by atoms with Crippen molar-refractivity contribution in [1.29, 1.82) is 0 Å². The normalized spacial score (nSPS) is 12.6. The van der Waals surface area contributed by atoms with Gasteiger partial charge in [-0.05, 0) is 29.8 Å². The second-order valence-electron chi connectivity index (χ2n) is 4.30. The van der Waals surface area contributed by atoms with Gasteiger partial charge < -0.3 is 10.2 Å². The molecule has 5 nitrogen and oxygen atoms in total. The van der Waals surface area contributed by atoms with Crippen molar-refractivity contribution in [2.45, 2.75) is 26.4 Å². The molecule has 0 radical (unpaired) electrons. The minimum Gasteiger partial charge on any atom is -0.347 e. The number of nitrogens with one attached hydrogen (secondary N) is 1. The Bertz CT molecular complexity index is 414. The summed E-state index contributed by atoms with van der Waals surface area (Å²) < 4.78 is 2.82. The van der Waals surface area contributed by atoms with Gasteiger partial charge in [0, 0.05) is 27.7 Å². The maximum Gasteiger partial charge on any atom is 0.238 e. The van der Waals surface area contributed by atoms with Crippen LogP contribution in [0.15, 0.2) is 4.47 Å². The number of halogens is 1. The Morgan fingerprint density at radius 2 is 2.18 bits per heavy atom. The standard InChI is InChI=1S/C11H19BrN4O/c1-7-10(12)9(16(5)14-7)6-13-8(2)11(17)15(3)4/h8,13H,6H2,1-5H3. The number of aromatic nitrogens is 2. The molecule has 96 valence electrons. The van der Waals surface area contributed by atoms with Gasteiger partial charge in [-0.1, -0.05) is 0 Å². The van der Waals surface area contributed by atoms with E-state index in [0.717, 1.165) is 15.9 Å². The number of hydrogen-bond donors (Lipinski definition) is 1. The van der Waals surface area contributed by atoms with E-state index in [9.17, 15) is 4.79 Å². The Balaban J connectivity index is 2.65. The van der Waals surface area contributed by atoms with Gasteiger partial charge in [0.05, 0.1) is 21.9 Å². The summed E-state index contributed by atoms with van der Waals surface area (Å²) in [6, 6.07) is -0.202. The Labute approximate surface area is 110 Å². The summed E-state index contributed by atoms with van der Waals surface area (Å²) in [6.45, 7) is 4.42. The monoisotopic (exact) mass is 302 g/mol. The van der Waals surface area contributed by atoms with E-state index in [1.165, 1.54) is 0 Å². The van der Waals surface area contributed by atoms with Crippen LogP contribution in [0.2, 0.25) is 0 Å². The molecule has 0 fully saturated rings. The fraction of sp³-hybridized carbons (Fsp3) is 0.636. The number of carbonyl (C=O) groups excluding carboxylic acids is 1. The van der Waals surface area contributed by atoms with Crippen molar-refractivity contribution < 1.29 is 4.79 Å². The van der Waals surface area contributed by atoms with E-state index < -0.39 is 0 Å². The van der Waals surface area contributed by atoms with Crippen LogP contribution in [0.1, 0.15) is 18.3 Å². The molecule has 0 spiro atoms. The predicted octanol–water partition coefficient (Wildman–Crippen LogP) is 1.06. The lowest BCUT2D eigenvalue weighted by Gasteiger charge is -2.18. The fourth-order valence-electron chi connectivity index (χ4n) is 1.60. The predicted molar refractivity (Wildman–Crippen MR) is 70.6 cm³/mol. The van der Waals surface area contributed by atoms with E-state index in [4.69, 9.17) is 0 Å². The first kappa shape index (κ1) is 14.2. The van der Waals surface area contributed by atoms with E-state index in [2.05, 4.69) is 26.3 Å². The van der Waals surface area contributed by atoms with Gasteiger partial charge in [-0.25, -0.2) is 0 Å². The van der Waals surface area contributed by atoms with Crippen molar-refractivity contribution in [1.82, 2.24) is 20.0 Å². The lowest BCUT2D eigenvalue weighted by atomic mass is 10.3. The number of rotatable bonds is 4. The highest BCUT2D eigenvalue weighted by molar-refractivity contribution is 9.10. The topological polar surface area (TPSA) is 50.2 Å². The van der Waals surface area contributed by atoms with Crippen molar-refractivity contribution >= 4 is 21.8 Å². The summed E-state index contributed by atoms with van der Waals surface area (Å²) >= 11 is 3.50. The number of aryl methyl sites for hydroxylation is 2. The Morgan fingerprint density at radius 3 is 2.59 bits per heavy atom. The molecule has 0 aliphatic heterocycles. The zero-order valence-corrected chi connectivity index (χ0v) is 12.5. The smallest absolute Gasteiger partial charge is 0.238 e. The highest BCUT2D eigenvalue weighted by atomic mass is 79.9. The van der Waals surface area contributed by atoms with Gasteiger partial charge in [-0.3, -0.25) is 9.48 Å². The molecule has 0 bridgehead atoms. The summed E-state index contributed by atoms with van der Waals surface area (Å²) in [6.07, 6.45) is 0. The molecule has 0 aliphatic rings. The van der Waals surface area contributed by atoms with Crippen LogP contribution in [0.3, 0.4) is 0 Å². The first-order chi connectivity index (χ1) is 7.84. The quantitative estimate of drug-likeness (QED) is 0.905. The summed E-state index contributed by atoms with van der Waals surface area (Å²) in [4.78, 5) is 13.3. The molecule has 1 aromatic heterocycles. The van der Waals surface area contributed by atoms with Crippen LogP contribution < -0.4 is 5.32 Å². The van der Waals surface area contributed by atoms with Crippen molar-refractivity contribution in [3.8, 4) is 0 Å². The van der Waals surface area contributed by atoms with E-state index in [0.29, 0.717) is 6.54 Å². The van der Waals surface area contributed by atoms with Gasteiger partial charge in [0.2, 0.25) is 5.91 Å². The Morgan fingerprint density at radius 1 is 1.59 bits per heavy atom. The van der Waals surface area contributed by atoms with Gasteiger partial charge >= 0.3 is 0 Å². The van der Waals surface area contributed by atoms with Crippen molar-refractivity contribution in [2.24, 2.45) is 7.05 Å². The molecule has 1 rings (SSSR count). The minimum atomic E-state index is -0.202. The zero-order valence-electron chi connectivity index (χ0n) is 10.9. The maximum atomic E-state index is 11.7. The maximum absolute atomic E-state index is 11.7. The molecule has 0 saturated carbocycles. The van der Waals surface area contributed by atoms with Crippen molar-refractivity contribution in [3.63, 3.8) is 0 Å². The van der Waals surface area contributed by atoms with Crippen LogP contribution in [0.4, 0.5) is 0 Å². The van der Waals surface area contributed by atoms with Crippen molar-refractivity contribution in [3.05, 3.63) is 15.9 Å². The molecule has 0 aromatic carbocycles. The van der Waals surface area contributed by atoms with E-state index in [-0.39, 0.29) is 11.9 Å². The van der Waals surface area contributed by atoms with Crippen LogP contribution >= 0.6 is 15.9 Å². The highest BCUT2D eigenvalue weighted by Gasteiger charge is 2.16. The lowest BCUT2D eigenvalue weighted by molar-refractivity contribution is -0.130. The molecule has 1 atom stereocenters. The van der Waals surface area contributed by atoms with Gasteiger partial charge in [0.25, 0.3) is 0 Å². The Hall–Kier alpha value is -0.880. The van der Waals surface area contributed by atoms with Gasteiger partial charge in [0.1, 0.15) is 0 Å². The van der Waals surface area contributed by atoms with Crippen LogP contribution in [0.25, 0.3) is 0 Å². The van der Waals surface area contributed by atoms with E-state index >= 15 is 0 Å². The second kappa shape index (κ2) is 5.64. The molecule has 1 amide bonds. The minimum absolute atomic E-state index is 0.0695. The summed E-state index contributed by atoms with van der Waals surface area (Å²) in [7, 11) is 5.41. The number of nitrogens with zero attached hydrogens (tertiary/aromatic N) is 3. The molecule has 1 unspecified atom stereocenters. The summed E-state index contributed by atoms with van der Waals surface area (Å²) in [5.74, 6) is 0.0695. The number of carbonyl (C=O) groups is 1. The zero-order chi connectivity index (χ0) is 13.2. The van der Waals surface area contributed by atoms with Gasteiger partial charge in [-0.15, -0.1) is 0 Å². The number of likely N-dealkylation sites (N-methyl/N-ethyl adjacent to an activating group) is 1. The number of hydrogen-bond acceptors (Lipinski definition) is 3. The summed E-state index contributed by atoms with van der Waals surface area (Å²) in [5.41, 5.74) is 2.00. The van der Waals surface area contributed by atoms with E-state index in [1.54, 1.807) is 19.0 Å². The third-order valence-electron chi connectivity index (χ3n) is 2.65. The third kappa shape index (κ3) is 3.29. The first-order valence-electron chi connectivity index (χ1n) is 5.47. The third-order valence-corrected chi connectivity index (χ3v) is 3.68. The van der Waals surface area contributed by atoms with Crippen LogP contribution in [0, 0.1) is 6.92 Å². The SMILES string of the molecule is Cc1nn(C)c(CNC(C)C(=O)N(C)C)c1Br. The average Bonchev–Trinajstić information content (AvgIpc) is 2.49. The van der Waals surface area contributed by atoms with Gasteiger partial charge in [-0.2, -0.15) is 5.10 Å². The first-order valence-corrected chi connectivity index (χ1v) is 6.26. The molecular formula is C11H19BrN4O. The average molecular weight is 303 g/mol. The van der Waals surface area contributed by atoms with Crippen molar-refractivity contribution in [2.75, 3.05) is 14.1 Å². The second-order valence-corrected chi connectivity index (χ2v) is 5.10. The molecule has 1 aromatic rings. The molecule has 6 heteroatoms.